The molecule has 78 valence electrons. The Morgan fingerprint density at radius 3 is 2.60 bits per heavy atom. The summed E-state index contributed by atoms with van der Waals surface area (Å²) >= 11 is 3.41. The number of anilines is 1. The lowest BCUT2D eigenvalue weighted by atomic mass is 10.2. The first-order valence-corrected chi connectivity index (χ1v) is 5.50. The molecule has 0 radical (unpaired) electrons. The summed E-state index contributed by atoms with van der Waals surface area (Å²) in [7, 11) is 0. The van der Waals surface area contributed by atoms with E-state index in [0.29, 0.717) is 13.0 Å². The van der Waals surface area contributed by atoms with Crippen molar-refractivity contribution in [1.29, 1.82) is 0 Å². The molecule has 0 atom stereocenters. The number of Topliss-reactive ketones (excluding diaryl/α,β-unsaturated/α-hetero) is 1. The van der Waals surface area contributed by atoms with E-state index in [4.69, 9.17) is 0 Å². The predicted octanol–water partition coefficient (Wildman–Crippen LogP) is 2.06. The molecule has 0 N–H and O–H groups in total. The number of carbonyl (C=O) groups excluding carboxylic acids is 2. The summed E-state index contributed by atoms with van der Waals surface area (Å²) in [6, 6.07) is 5.65. The molecule has 1 amide bonds. The Morgan fingerprint density at radius 2 is 2.07 bits per heavy atom. The summed E-state index contributed by atoms with van der Waals surface area (Å²) in [6.07, 6.45) is 0.324. The normalized spacial score (nSPS) is 16.3. The van der Waals surface area contributed by atoms with Crippen LogP contribution in [0.15, 0.2) is 22.7 Å². The largest absolute Gasteiger partial charge is 0.305 e. The molecule has 1 aromatic carbocycles. The van der Waals surface area contributed by atoms with E-state index in [0.717, 1.165) is 15.7 Å². The molecule has 0 spiro atoms. The van der Waals surface area contributed by atoms with Gasteiger partial charge < -0.3 is 4.90 Å². The highest BCUT2D eigenvalue weighted by Crippen LogP contribution is 2.25. The lowest BCUT2D eigenvalue weighted by Crippen LogP contribution is -2.26. The molecule has 2 rings (SSSR count). The zero-order valence-electron chi connectivity index (χ0n) is 8.29. The quantitative estimate of drug-likeness (QED) is 0.731. The summed E-state index contributed by atoms with van der Waals surface area (Å²) in [5, 5.41) is 0. The Bertz CT molecular complexity index is 442. The molecule has 4 heteroatoms. The van der Waals surface area contributed by atoms with Crippen molar-refractivity contribution in [1.82, 2.24) is 0 Å². The third kappa shape index (κ3) is 1.81. The van der Waals surface area contributed by atoms with E-state index in [1.807, 2.05) is 25.1 Å². The lowest BCUT2D eigenvalue weighted by molar-refractivity contribution is -0.133. The average Bonchev–Trinajstić information content (AvgIpc) is 2.53. The number of nitrogens with zero attached hydrogens (tertiary/aromatic N) is 1. The first kappa shape index (κ1) is 10.4. The Hall–Kier alpha value is -1.16. The number of carbonyl (C=O) groups is 2. The van der Waals surface area contributed by atoms with Gasteiger partial charge in [0.05, 0.1) is 0 Å². The van der Waals surface area contributed by atoms with Crippen LogP contribution in [0.2, 0.25) is 0 Å². The number of rotatable bonds is 1. The van der Waals surface area contributed by atoms with Crippen LogP contribution in [0.4, 0.5) is 5.69 Å². The fourth-order valence-corrected chi connectivity index (χ4v) is 1.94. The molecule has 0 aromatic heterocycles. The van der Waals surface area contributed by atoms with Gasteiger partial charge in [-0.15, -0.1) is 0 Å². The highest BCUT2D eigenvalue weighted by molar-refractivity contribution is 9.10. The number of amides is 1. The monoisotopic (exact) mass is 267 g/mol. The molecule has 1 heterocycles. The fraction of sp³-hybridized carbons (Fsp3) is 0.273. The molecular formula is C11H10BrNO2. The number of hydrogen-bond donors (Lipinski definition) is 0. The lowest BCUT2D eigenvalue weighted by Gasteiger charge is -2.15. The molecule has 1 fully saturated rings. The Balaban J connectivity index is 2.34. The van der Waals surface area contributed by atoms with E-state index in [2.05, 4.69) is 15.9 Å². The van der Waals surface area contributed by atoms with Gasteiger partial charge in [-0.25, -0.2) is 0 Å². The van der Waals surface area contributed by atoms with E-state index in [9.17, 15) is 9.59 Å². The number of ketones is 1. The number of hydrogen-bond acceptors (Lipinski definition) is 2. The summed E-state index contributed by atoms with van der Waals surface area (Å²) in [5.41, 5.74) is 1.89. The SMILES string of the molecule is Cc1ccc(N2CCC(=O)C2=O)cc1Br. The van der Waals surface area contributed by atoms with Crippen molar-refractivity contribution >= 4 is 33.3 Å². The standard InChI is InChI=1S/C11H10BrNO2/c1-7-2-3-8(6-9(7)12)13-5-4-10(14)11(13)15/h2-3,6H,4-5H2,1H3. The molecule has 0 unspecified atom stereocenters. The molecular weight excluding hydrogens is 258 g/mol. The van der Waals surface area contributed by atoms with Crippen LogP contribution in [0.1, 0.15) is 12.0 Å². The third-order valence-corrected chi connectivity index (χ3v) is 3.37. The van der Waals surface area contributed by atoms with E-state index >= 15 is 0 Å². The van der Waals surface area contributed by atoms with Gasteiger partial charge in [-0.2, -0.15) is 0 Å². The highest BCUT2D eigenvalue weighted by Gasteiger charge is 2.30. The van der Waals surface area contributed by atoms with Crippen molar-refractivity contribution in [3.8, 4) is 0 Å². The average molecular weight is 268 g/mol. The van der Waals surface area contributed by atoms with Crippen LogP contribution in [-0.4, -0.2) is 18.2 Å². The first-order chi connectivity index (χ1) is 7.09. The molecule has 0 aliphatic carbocycles. The maximum atomic E-state index is 11.5. The van der Waals surface area contributed by atoms with Gasteiger partial charge in [-0.1, -0.05) is 22.0 Å². The smallest absolute Gasteiger partial charge is 0.294 e. The molecule has 3 nitrogen and oxygen atoms in total. The van der Waals surface area contributed by atoms with Gasteiger partial charge >= 0.3 is 0 Å². The Kier molecular flexibility index (Phi) is 2.61. The second-order valence-electron chi connectivity index (χ2n) is 3.56. The summed E-state index contributed by atoms with van der Waals surface area (Å²) < 4.78 is 0.951. The maximum absolute atomic E-state index is 11.5. The van der Waals surface area contributed by atoms with Crippen molar-refractivity contribution in [2.24, 2.45) is 0 Å². The van der Waals surface area contributed by atoms with Crippen LogP contribution in [0.5, 0.6) is 0 Å². The van der Waals surface area contributed by atoms with E-state index in [1.165, 1.54) is 4.90 Å². The van der Waals surface area contributed by atoms with E-state index in [-0.39, 0.29) is 5.78 Å². The van der Waals surface area contributed by atoms with Crippen molar-refractivity contribution < 1.29 is 9.59 Å². The fourth-order valence-electron chi connectivity index (χ4n) is 1.57. The van der Waals surface area contributed by atoms with Crippen molar-refractivity contribution in [3.05, 3.63) is 28.2 Å². The first-order valence-electron chi connectivity index (χ1n) is 4.70. The third-order valence-electron chi connectivity index (χ3n) is 2.51. The van der Waals surface area contributed by atoms with Gasteiger partial charge in [0, 0.05) is 23.1 Å². The summed E-state index contributed by atoms with van der Waals surface area (Å²) in [4.78, 5) is 24.1. The second-order valence-corrected chi connectivity index (χ2v) is 4.42. The van der Waals surface area contributed by atoms with Gasteiger partial charge in [0.15, 0.2) is 0 Å². The van der Waals surface area contributed by atoms with Crippen LogP contribution in [0.3, 0.4) is 0 Å². The molecule has 15 heavy (non-hydrogen) atoms. The van der Waals surface area contributed by atoms with Gasteiger partial charge in [0.1, 0.15) is 0 Å². The van der Waals surface area contributed by atoms with E-state index in [1.54, 1.807) is 0 Å². The van der Waals surface area contributed by atoms with Gasteiger partial charge in [-0.05, 0) is 24.6 Å². The molecule has 1 aromatic rings. The van der Waals surface area contributed by atoms with Crippen LogP contribution >= 0.6 is 15.9 Å². The van der Waals surface area contributed by atoms with Crippen molar-refractivity contribution in [2.45, 2.75) is 13.3 Å². The molecule has 1 saturated heterocycles. The van der Waals surface area contributed by atoms with Crippen LogP contribution < -0.4 is 4.90 Å². The minimum Gasteiger partial charge on any atom is -0.305 e. The molecule has 1 aliphatic heterocycles. The van der Waals surface area contributed by atoms with Gasteiger partial charge in [0.25, 0.3) is 5.91 Å². The zero-order valence-corrected chi connectivity index (χ0v) is 9.87. The Morgan fingerprint density at radius 1 is 1.33 bits per heavy atom. The second kappa shape index (κ2) is 3.77. The summed E-state index contributed by atoms with van der Waals surface area (Å²) in [5.74, 6) is -0.697. The molecule has 0 bridgehead atoms. The number of aryl methyl sites for hydroxylation is 1. The minimum absolute atomic E-state index is 0.299. The minimum atomic E-state index is -0.397. The molecule has 1 aliphatic rings. The Labute approximate surface area is 96.2 Å². The van der Waals surface area contributed by atoms with Crippen molar-refractivity contribution in [2.75, 3.05) is 11.4 Å². The van der Waals surface area contributed by atoms with E-state index < -0.39 is 5.91 Å². The maximum Gasteiger partial charge on any atom is 0.294 e. The van der Waals surface area contributed by atoms with Gasteiger partial charge in [-0.3, -0.25) is 9.59 Å². The molecule has 0 saturated carbocycles. The van der Waals surface area contributed by atoms with Crippen molar-refractivity contribution in [3.63, 3.8) is 0 Å². The zero-order chi connectivity index (χ0) is 11.0. The van der Waals surface area contributed by atoms with Gasteiger partial charge in [0.2, 0.25) is 5.78 Å². The summed E-state index contributed by atoms with van der Waals surface area (Å²) in [6.45, 7) is 2.47. The number of benzene rings is 1. The van der Waals surface area contributed by atoms with Crippen LogP contribution in [-0.2, 0) is 9.59 Å². The predicted molar refractivity (Wildman–Crippen MR) is 60.9 cm³/mol. The van der Waals surface area contributed by atoms with Crippen LogP contribution in [0.25, 0.3) is 0 Å². The van der Waals surface area contributed by atoms with Crippen LogP contribution in [0, 0.1) is 6.92 Å². The highest BCUT2D eigenvalue weighted by atomic mass is 79.9. The number of halogens is 1. The topological polar surface area (TPSA) is 37.4 Å².